The van der Waals surface area contributed by atoms with Crippen LogP contribution in [0.25, 0.3) is 5.70 Å². The van der Waals surface area contributed by atoms with Crippen molar-refractivity contribution < 1.29 is 0 Å². The lowest BCUT2D eigenvalue weighted by molar-refractivity contribution is 0.929. The highest BCUT2D eigenvalue weighted by atomic mass is 32.1. The van der Waals surface area contributed by atoms with Crippen LogP contribution in [0.2, 0.25) is 0 Å². The Morgan fingerprint density at radius 2 is 2.46 bits per heavy atom. The predicted molar refractivity (Wildman–Crippen MR) is 55.9 cm³/mol. The van der Waals surface area contributed by atoms with Crippen LogP contribution in [0.4, 0.5) is 0 Å². The Kier molecular flexibility index (Phi) is 3.53. The molecular formula is C10H12N2S. The van der Waals surface area contributed by atoms with Gasteiger partial charge in [-0.15, -0.1) is 0 Å². The molecule has 1 rings (SSSR count). The fraction of sp³-hybridized carbons (Fsp3) is 0.300. The van der Waals surface area contributed by atoms with Crippen LogP contribution in [-0.2, 0) is 0 Å². The van der Waals surface area contributed by atoms with Crippen LogP contribution in [0, 0.1) is 11.3 Å². The van der Waals surface area contributed by atoms with Crippen molar-refractivity contribution in [3.05, 3.63) is 28.0 Å². The molecule has 0 fully saturated rings. The number of nitriles is 1. The van der Waals surface area contributed by atoms with Gasteiger partial charge in [0.25, 0.3) is 0 Å². The molecule has 68 valence electrons. The van der Waals surface area contributed by atoms with Gasteiger partial charge >= 0.3 is 0 Å². The van der Waals surface area contributed by atoms with Gasteiger partial charge in [0, 0.05) is 10.9 Å². The molecule has 0 aliphatic rings. The fourth-order valence-electron chi connectivity index (χ4n) is 1.09. The van der Waals surface area contributed by atoms with Crippen molar-refractivity contribution in [2.75, 3.05) is 0 Å². The quantitative estimate of drug-likeness (QED) is 0.748. The second kappa shape index (κ2) is 4.68. The second-order valence-corrected chi connectivity index (χ2v) is 3.55. The molecule has 2 nitrogen and oxygen atoms in total. The van der Waals surface area contributed by atoms with Gasteiger partial charge in [-0.2, -0.15) is 16.6 Å². The number of thiophene rings is 1. The molecule has 13 heavy (non-hydrogen) atoms. The van der Waals surface area contributed by atoms with Crippen molar-refractivity contribution in [1.82, 2.24) is 0 Å². The van der Waals surface area contributed by atoms with Crippen LogP contribution in [0.15, 0.2) is 22.4 Å². The first kappa shape index (κ1) is 9.82. The number of rotatable bonds is 3. The average Bonchev–Trinajstić information content (AvgIpc) is 2.65. The molecule has 0 saturated carbocycles. The van der Waals surface area contributed by atoms with Crippen LogP contribution < -0.4 is 5.73 Å². The van der Waals surface area contributed by atoms with Gasteiger partial charge in [-0.1, -0.05) is 13.3 Å². The van der Waals surface area contributed by atoms with Crippen molar-refractivity contribution in [3.63, 3.8) is 0 Å². The summed E-state index contributed by atoms with van der Waals surface area (Å²) in [7, 11) is 0. The van der Waals surface area contributed by atoms with E-state index in [0.717, 1.165) is 18.4 Å². The van der Waals surface area contributed by atoms with Crippen LogP contribution in [0.3, 0.4) is 0 Å². The maximum absolute atomic E-state index is 8.84. The van der Waals surface area contributed by atoms with Crippen molar-refractivity contribution in [3.8, 4) is 6.07 Å². The molecule has 1 aromatic heterocycles. The van der Waals surface area contributed by atoms with Gasteiger partial charge in [-0.25, -0.2) is 0 Å². The third-order valence-electron chi connectivity index (χ3n) is 1.79. The molecule has 0 unspecified atom stereocenters. The minimum atomic E-state index is 0.630. The van der Waals surface area contributed by atoms with Crippen molar-refractivity contribution in [2.24, 2.45) is 5.73 Å². The Balaban J connectivity index is 2.96. The Bertz CT molecular complexity index is 330. The number of hydrogen-bond donors (Lipinski definition) is 1. The smallest absolute Gasteiger partial charge is 0.0968 e. The first-order valence-electron chi connectivity index (χ1n) is 4.21. The van der Waals surface area contributed by atoms with Gasteiger partial charge in [-0.3, -0.25) is 0 Å². The Hall–Kier alpha value is -1.27. The normalized spacial score (nSPS) is 12.0. The summed E-state index contributed by atoms with van der Waals surface area (Å²) in [6.07, 6.45) is 1.71. The van der Waals surface area contributed by atoms with E-state index < -0.39 is 0 Å². The molecule has 0 bridgehead atoms. The third-order valence-corrected chi connectivity index (χ3v) is 2.48. The van der Waals surface area contributed by atoms with Crippen LogP contribution in [0.5, 0.6) is 0 Å². The van der Waals surface area contributed by atoms with Gasteiger partial charge in [0.1, 0.15) is 0 Å². The van der Waals surface area contributed by atoms with Gasteiger partial charge in [0.05, 0.1) is 17.3 Å². The van der Waals surface area contributed by atoms with Crippen molar-refractivity contribution in [2.45, 2.75) is 19.8 Å². The molecule has 3 heteroatoms. The van der Waals surface area contributed by atoms with Gasteiger partial charge in [0.15, 0.2) is 0 Å². The molecule has 1 heterocycles. The minimum Gasteiger partial charge on any atom is -0.397 e. The summed E-state index contributed by atoms with van der Waals surface area (Å²) in [6.45, 7) is 2.04. The summed E-state index contributed by atoms with van der Waals surface area (Å²) in [4.78, 5) is 0. The average molecular weight is 192 g/mol. The lowest BCUT2D eigenvalue weighted by Gasteiger charge is -2.01. The molecule has 0 aliphatic carbocycles. The molecule has 2 N–H and O–H groups in total. The van der Waals surface area contributed by atoms with E-state index >= 15 is 0 Å². The maximum Gasteiger partial charge on any atom is 0.0968 e. The van der Waals surface area contributed by atoms with E-state index in [2.05, 4.69) is 6.07 Å². The molecular weight excluding hydrogens is 180 g/mol. The first-order chi connectivity index (χ1) is 6.29. The first-order valence-corrected chi connectivity index (χ1v) is 5.15. The van der Waals surface area contributed by atoms with Gasteiger partial charge in [-0.05, 0) is 17.9 Å². The maximum atomic E-state index is 8.84. The summed E-state index contributed by atoms with van der Waals surface area (Å²) in [5.41, 5.74) is 8.14. The van der Waals surface area contributed by atoms with E-state index in [1.54, 1.807) is 11.3 Å². The largest absolute Gasteiger partial charge is 0.397 e. The SMILES string of the molecule is CCC/C(C#N)=C(/N)c1ccsc1. The van der Waals surface area contributed by atoms with Gasteiger partial charge < -0.3 is 5.73 Å². The van der Waals surface area contributed by atoms with Crippen LogP contribution in [0.1, 0.15) is 25.3 Å². The third kappa shape index (κ3) is 2.33. The summed E-state index contributed by atoms with van der Waals surface area (Å²) >= 11 is 1.59. The zero-order valence-corrected chi connectivity index (χ0v) is 8.40. The zero-order chi connectivity index (χ0) is 9.68. The molecule has 0 radical (unpaired) electrons. The monoisotopic (exact) mass is 192 g/mol. The highest BCUT2D eigenvalue weighted by molar-refractivity contribution is 7.08. The van der Waals surface area contributed by atoms with Crippen molar-refractivity contribution in [1.29, 1.82) is 5.26 Å². The van der Waals surface area contributed by atoms with E-state index in [9.17, 15) is 0 Å². The molecule has 1 aromatic rings. The number of hydrogen-bond acceptors (Lipinski definition) is 3. The number of nitrogens with two attached hydrogens (primary N) is 1. The van der Waals surface area contributed by atoms with Crippen molar-refractivity contribution >= 4 is 17.0 Å². The Morgan fingerprint density at radius 1 is 1.69 bits per heavy atom. The fourth-order valence-corrected chi connectivity index (χ4v) is 1.75. The molecule has 0 aliphatic heterocycles. The summed E-state index contributed by atoms with van der Waals surface area (Å²) < 4.78 is 0. The highest BCUT2D eigenvalue weighted by Gasteiger charge is 2.04. The standard InChI is InChI=1S/C10H12N2S/c1-2-3-8(6-11)10(12)9-4-5-13-7-9/h4-5,7H,2-3,12H2,1H3/b10-8-. The predicted octanol–water partition coefficient (Wildman–Crippen LogP) is 2.74. The van der Waals surface area contributed by atoms with Crippen LogP contribution in [-0.4, -0.2) is 0 Å². The summed E-state index contributed by atoms with van der Waals surface area (Å²) in [6, 6.07) is 4.09. The van der Waals surface area contributed by atoms with Gasteiger partial charge in [0.2, 0.25) is 0 Å². The highest BCUT2D eigenvalue weighted by Crippen LogP contribution is 2.18. The second-order valence-electron chi connectivity index (χ2n) is 2.77. The van der Waals surface area contributed by atoms with Crippen LogP contribution >= 0.6 is 11.3 Å². The minimum absolute atomic E-state index is 0.630. The molecule has 0 saturated heterocycles. The number of allylic oxidation sites excluding steroid dienone is 1. The Morgan fingerprint density at radius 3 is 2.92 bits per heavy atom. The lowest BCUT2D eigenvalue weighted by Crippen LogP contribution is -1.99. The lowest BCUT2D eigenvalue weighted by atomic mass is 10.1. The molecule has 0 atom stereocenters. The van der Waals surface area contributed by atoms with E-state index in [4.69, 9.17) is 11.0 Å². The molecule has 0 spiro atoms. The van der Waals surface area contributed by atoms with E-state index in [1.165, 1.54) is 0 Å². The number of nitrogens with zero attached hydrogens (tertiary/aromatic N) is 1. The van der Waals surface area contributed by atoms with E-state index in [0.29, 0.717) is 11.3 Å². The Labute approximate surface area is 82.3 Å². The van der Waals surface area contributed by atoms with E-state index in [1.807, 2.05) is 23.8 Å². The topological polar surface area (TPSA) is 49.8 Å². The molecule has 0 amide bonds. The van der Waals surface area contributed by atoms with E-state index in [-0.39, 0.29) is 0 Å². The molecule has 0 aromatic carbocycles. The summed E-state index contributed by atoms with van der Waals surface area (Å²) in [5.74, 6) is 0. The summed E-state index contributed by atoms with van der Waals surface area (Å²) in [5, 5.41) is 12.8. The zero-order valence-electron chi connectivity index (χ0n) is 7.58.